The van der Waals surface area contributed by atoms with Gasteiger partial charge in [-0.2, -0.15) is 0 Å². The molecular formula is C25H26N2O4. The van der Waals surface area contributed by atoms with E-state index in [2.05, 4.69) is 0 Å². The van der Waals surface area contributed by atoms with Gasteiger partial charge in [-0.15, -0.1) is 0 Å². The fraction of sp³-hybridized carbons (Fsp3) is 0.160. The molecule has 3 aromatic carbocycles. The second kappa shape index (κ2) is 10.7. The van der Waals surface area contributed by atoms with Crippen LogP contribution in [0, 0.1) is 5.92 Å². The molecule has 0 aromatic heterocycles. The van der Waals surface area contributed by atoms with Gasteiger partial charge >= 0.3 is 5.97 Å². The predicted octanol–water partition coefficient (Wildman–Crippen LogP) is 4.48. The Morgan fingerprint density at radius 2 is 1.48 bits per heavy atom. The lowest BCUT2D eigenvalue weighted by Gasteiger charge is -2.19. The minimum absolute atomic E-state index is 0.175. The summed E-state index contributed by atoms with van der Waals surface area (Å²) in [6.45, 7) is 0.489. The second-order valence-corrected chi connectivity index (χ2v) is 7.11. The summed E-state index contributed by atoms with van der Waals surface area (Å²) in [6, 6.07) is 23.5. The van der Waals surface area contributed by atoms with Crippen molar-refractivity contribution in [3.05, 3.63) is 90.0 Å². The smallest absolute Gasteiger partial charge is 0.331 e. The van der Waals surface area contributed by atoms with Crippen LogP contribution in [0.15, 0.2) is 84.4 Å². The van der Waals surface area contributed by atoms with Gasteiger partial charge in [-0.25, -0.2) is 4.79 Å². The second-order valence-electron chi connectivity index (χ2n) is 7.11. The van der Waals surface area contributed by atoms with Gasteiger partial charge in [-0.1, -0.05) is 42.5 Å². The standard InChI is InChI=1S/C25H26N2O4/c26-20-8-4-10-22(15-20)30-13-12-19(17-31-23-11-5-9-21(27)16-23)24(25(28)29)14-18-6-2-1-3-7-18/h1-11,14-16,19H,12-13,17,26-27H2,(H,28,29). The van der Waals surface area contributed by atoms with E-state index < -0.39 is 11.9 Å². The molecule has 0 saturated heterocycles. The molecule has 0 aliphatic carbocycles. The molecule has 1 atom stereocenters. The van der Waals surface area contributed by atoms with Gasteiger partial charge in [0, 0.05) is 35.0 Å². The molecule has 6 heteroatoms. The van der Waals surface area contributed by atoms with Gasteiger partial charge in [-0.3, -0.25) is 0 Å². The third kappa shape index (κ3) is 6.82. The lowest BCUT2D eigenvalue weighted by Crippen LogP contribution is -2.22. The van der Waals surface area contributed by atoms with Crippen molar-refractivity contribution in [1.29, 1.82) is 0 Å². The number of rotatable bonds is 10. The third-order valence-corrected chi connectivity index (χ3v) is 4.71. The van der Waals surface area contributed by atoms with Crippen molar-refractivity contribution in [1.82, 2.24) is 0 Å². The highest BCUT2D eigenvalue weighted by atomic mass is 16.5. The molecule has 5 N–H and O–H groups in total. The quantitative estimate of drug-likeness (QED) is 0.331. The Labute approximate surface area is 181 Å². The number of carbonyl (C=O) groups is 1. The molecule has 0 aliphatic heterocycles. The molecule has 0 saturated carbocycles. The van der Waals surface area contributed by atoms with Crippen LogP contribution in [-0.2, 0) is 4.79 Å². The number of nitrogen functional groups attached to an aromatic ring is 2. The van der Waals surface area contributed by atoms with Crippen LogP contribution in [0.2, 0.25) is 0 Å². The van der Waals surface area contributed by atoms with E-state index in [9.17, 15) is 9.90 Å². The number of ether oxygens (including phenoxy) is 2. The summed E-state index contributed by atoms with van der Waals surface area (Å²) in [6.07, 6.45) is 2.12. The molecule has 160 valence electrons. The Morgan fingerprint density at radius 1 is 0.871 bits per heavy atom. The fourth-order valence-corrected chi connectivity index (χ4v) is 3.14. The van der Waals surface area contributed by atoms with E-state index in [1.54, 1.807) is 42.5 Å². The number of hydrogen-bond acceptors (Lipinski definition) is 5. The van der Waals surface area contributed by atoms with Gasteiger partial charge in [0.05, 0.1) is 13.2 Å². The van der Waals surface area contributed by atoms with Gasteiger partial charge in [0.15, 0.2) is 0 Å². The van der Waals surface area contributed by atoms with E-state index in [1.165, 1.54) is 0 Å². The average Bonchev–Trinajstić information content (AvgIpc) is 2.75. The van der Waals surface area contributed by atoms with Crippen molar-refractivity contribution < 1.29 is 19.4 Å². The summed E-state index contributed by atoms with van der Waals surface area (Å²) in [7, 11) is 0. The average molecular weight is 418 g/mol. The number of aliphatic carboxylic acids is 1. The Balaban J connectivity index is 1.77. The van der Waals surface area contributed by atoms with Crippen LogP contribution in [-0.4, -0.2) is 24.3 Å². The molecule has 0 bridgehead atoms. The van der Waals surface area contributed by atoms with Crippen LogP contribution in [0.3, 0.4) is 0 Å². The molecule has 3 aromatic rings. The van der Waals surface area contributed by atoms with E-state index in [1.807, 2.05) is 42.5 Å². The number of hydrogen-bond donors (Lipinski definition) is 3. The van der Waals surface area contributed by atoms with Crippen LogP contribution in [0.25, 0.3) is 6.08 Å². The van der Waals surface area contributed by atoms with E-state index >= 15 is 0 Å². The molecule has 0 aliphatic rings. The van der Waals surface area contributed by atoms with Gasteiger partial charge in [0.25, 0.3) is 0 Å². The zero-order valence-corrected chi connectivity index (χ0v) is 17.1. The number of carboxylic acids is 1. The highest BCUT2D eigenvalue weighted by Gasteiger charge is 2.22. The summed E-state index contributed by atoms with van der Waals surface area (Å²) >= 11 is 0. The minimum Gasteiger partial charge on any atom is -0.493 e. The van der Waals surface area contributed by atoms with Crippen LogP contribution in [0.4, 0.5) is 11.4 Å². The van der Waals surface area contributed by atoms with Crippen LogP contribution in [0.1, 0.15) is 12.0 Å². The molecule has 31 heavy (non-hydrogen) atoms. The summed E-state index contributed by atoms with van der Waals surface area (Å²) in [5.74, 6) is -0.167. The molecule has 0 amide bonds. The van der Waals surface area contributed by atoms with Crippen molar-refractivity contribution in [2.75, 3.05) is 24.7 Å². The first-order chi connectivity index (χ1) is 15.0. The van der Waals surface area contributed by atoms with E-state index in [-0.39, 0.29) is 12.2 Å². The zero-order valence-electron chi connectivity index (χ0n) is 17.1. The largest absolute Gasteiger partial charge is 0.493 e. The van der Waals surface area contributed by atoms with Gasteiger partial charge in [0.2, 0.25) is 0 Å². The number of nitrogens with two attached hydrogens (primary N) is 2. The van der Waals surface area contributed by atoms with E-state index in [0.29, 0.717) is 35.9 Å². The maximum Gasteiger partial charge on any atom is 0.331 e. The lowest BCUT2D eigenvalue weighted by atomic mass is 9.94. The van der Waals surface area contributed by atoms with E-state index in [0.717, 1.165) is 5.56 Å². The highest BCUT2D eigenvalue weighted by Crippen LogP contribution is 2.23. The fourth-order valence-electron chi connectivity index (χ4n) is 3.14. The highest BCUT2D eigenvalue weighted by molar-refractivity contribution is 5.92. The van der Waals surface area contributed by atoms with Crippen molar-refractivity contribution in [3.63, 3.8) is 0 Å². The molecule has 1 unspecified atom stereocenters. The van der Waals surface area contributed by atoms with E-state index in [4.69, 9.17) is 20.9 Å². The molecule has 6 nitrogen and oxygen atoms in total. The van der Waals surface area contributed by atoms with Crippen LogP contribution in [0.5, 0.6) is 11.5 Å². The SMILES string of the molecule is Nc1cccc(OCCC(COc2cccc(N)c2)C(=Cc2ccccc2)C(=O)O)c1. The van der Waals surface area contributed by atoms with Gasteiger partial charge < -0.3 is 26.0 Å². The molecule has 0 spiro atoms. The molecule has 0 heterocycles. The van der Waals surface area contributed by atoms with Crippen molar-refractivity contribution in [2.24, 2.45) is 5.92 Å². The molecule has 3 rings (SSSR count). The zero-order chi connectivity index (χ0) is 22.1. The van der Waals surface area contributed by atoms with Crippen LogP contribution >= 0.6 is 0 Å². The maximum absolute atomic E-state index is 12.1. The maximum atomic E-state index is 12.1. The minimum atomic E-state index is -0.992. The van der Waals surface area contributed by atoms with Crippen molar-refractivity contribution in [3.8, 4) is 11.5 Å². The summed E-state index contributed by atoms with van der Waals surface area (Å²) in [5, 5.41) is 9.90. The summed E-state index contributed by atoms with van der Waals surface area (Å²) in [4.78, 5) is 12.1. The van der Waals surface area contributed by atoms with Crippen molar-refractivity contribution in [2.45, 2.75) is 6.42 Å². The Morgan fingerprint density at radius 3 is 2.06 bits per heavy atom. The number of carboxylic acid groups (broad SMARTS) is 1. The predicted molar refractivity (Wildman–Crippen MR) is 123 cm³/mol. The first-order valence-corrected chi connectivity index (χ1v) is 9.98. The topological polar surface area (TPSA) is 108 Å². The molecule has 0 radical (unpaired) electrons. The summed E-state index contributed by atoms with van der Waals surface area (Å²) < 4.78 is 11.7. The lowest BCUT2D eigenvalue weighted by molar-refractivity contribution is -0.133. The number of anilines is 2. The van der Waals surface area contributed by atoms with Gasteiger partial charge in [0.1, 0.15) is 11.5 Å². The Hall–Kier alpha value is -3.93. The monoisotopic (exact) mass is 418 g/mol. The van der Waals surface area contributed by atoms with Gasteiger partial charge in [-0.05, 0) is 42.3 Å². The van der Waals surface area contributed by atoms with Crippen LogP contribution < -0.4 is 20.9 Å². The molecular weight excluding hydrogens is 392 g/mol. The number of benzene rings is 3. The molecule has 0 fully saturated rings. The third-order valence-electron chi connectivity index (χ3n) is 4.71. The Kier molecular flexibility index (Phi) is 7.54. The normalized spacial score (nSPS) is 12.2. The summed E-state index contributed by atoms with van der Waals surface area (Å²) in [5.41, 5.74) is 13.9. The first-order valence-electron chi connectivity index (χ1n) is 9.98. The first kappa shape index (κ1) is 21.8. The Bertz CT molecular complexity index is 1030. The van der Waals surface area contributed by atoms with Crippen molar-refractivity contribution >= 4 is 23.4 Å².